The molecule has 0 aliphatic carbocycles. The van der Waals surface area contributed by atoms with E-state index in [1.807, 2.05) is 37.6 Å². The van der Waals surface area contributed by atoms with Crippen molar-refractivity contribution in [3.05, 3.63) is 44.2 Å². The van der Waals surface area contributed by atoms with E-state index in [9.17, 15) is 0 Å². The van der Waals surface area contributed by atoms with E-state index in [1.165, 1.54) is 0 Å². The van der Waals surface area contributed by atoms with Crippen LogP contribution in [0.2, 0.25) is 15.1 Å². The van der Waals surface area contributed by atoms with Crippen LogP contribution in [0.4, 0.5) is 5.69 Å². The molecule has 0 radical (unpaired) electrons. The minimum atomic E-state index is 0.554. The first-order valence-electron chi connectivity index (χ1n) is 6.91. The largest absolute Gasteiger partial charge is 0.378 e. The molecule has 2 aromatic rings. The third-order valence-corrected chi connectivity index (χ3v) is 4.54. The summed E-state index contributed by atoms with van der Waals surface area (Å²) in [4.78, 5) is 0. The van der Waals surface area contributed by atoms with Gasteiger partial charge in [-0.1, -0.05) is 41.7 Å². The van der Waals surface area contributed by atoms with Crippen molar-refractivity contribution in [3.63, 3.8) is 0 Å². The Morgan fingerprint density at radius 3 is 2.48 bits per heavy atom. The molecule has 1 heterocycles. The van der Waals surface area contributed by atoms with Crippen molar-refractivity contribution < 1.29 is 0 Å². The Morgan fingerprint density at radius 1 is 1.14 bits per heavy atom. The SMILES string of the molecule is CCc1nn(CC)c(CNc2cc(Cl)c(C)cc2Cl)c1Cl. The van der Waals surface area contributed by atoms with Crippen molar-refractivity contribution in [1.29, 1.82) is 0 Å². The summed E-state index contributed by atoms with van der Waals surface area (Å²) in [6.07, 6.45) is 0.815. The molecular weight excluding hydrogens is 329 g/mol. The first-order chi connectivity index (χ1) is 9.97. The van der Waals surface area contributed by atoms with Gasteiger partial charge in [-0.05, 0) is 38.0 Å². The number of rotatable bonds is 5. The van der Waals surface area contributed by atoms with Gasteiger partial charge >= 0.3 is 0 Å². The number of benzene rings is 1. The Bertz CT molecular complexity index is 650. The predicted octanol–water partition coefficient (Wildman–Crippen LogP) is 5.35. The van der Waals surface area contributed by atoms with Crippen LogP contribution in [-0.4, -0.2) is 9.78 Å². The Morgan fingerprint density at radius 2 is 1.86 bits per heavy atom. The highest BCUT2D eigenvalue weighted by Gasteiger charge is 2.14. The van der Waals surface area contributed by atoms with E-state index in [2.05, 4.69) is 10.4 Å². The van der Waals surface area contributed by atoms with Crippen LogP contribution < -0.4 is 5.32 Å². The third-order valence-electron chi connectivity index (χ3n) is 3.39. The zero-order valence-corrected chi connectivity index (χ0v) is 14.6. The molecule has 114 valence electrons. The quantitative estimate of drug-likeness (QED) is 0.791. The number of hydrogen-bond donors (Lipinski definition) is 1. The molecule has 1 aromatic carbocycles. The van der Waals surface area contributed by atoms with Crippen molar-refractivity contribution in [2.75, 3.05) is 5.32 Å². The van der Waals surface area contributed by atoms with Crippen molar-refractivity contribution in [1.82, 2.24) is 9.78 Å². The molecule has 1 N–H and O–H groups in total. The van der Waals surface area contributed by atoms with Gasteiger partial charge in [-0.25, -0.2) is 0 Å². The lowest BCUT2D eigenvalue weighted by atomic mass is 10.2. The van der Waals surface area contributed by atoms with E-state index in [0.717, 1.165) is 40.6 Å². The fourth-order valence-corrected chi connectivity index (χ4v) is 2.93. The standard InChI is InChI=1S/C15H18Cl3N3/c1-4-12-15(18)14(21(5-2)20-12)8-19-13-7-10(16)9(3)6-11(13)17/h6-7,19H,4-5,8H2,1-3H3. The summed E-state index contributed by atoms with van der Waals surface area (Å²) in [6, 6.07) is 3.68. The van der Waals surface area contributed by atoms with Gasteiger partial charge in [0.1, 0.15) is 0 Å². The maximum absolute atomic E-state index is 6.39. The molecule has 0 atom stereocenters. The fraction of sp³-hybridized carbons (Fsp3) is 0.400. The lowest BCUT2D eigenvalue weighted by Crippen LogP contribution is -2.08. The highest BCUT2D eigenvalue weighted by atomic mass is 35.5. The molecule has 2 rings (SSSR count). The maximum atomic E-state index is 6.39. The fourth-order valence-electron chi connectivity index (χ4n) is 2.15. The number of aryl methyl sites for hydroxylation is 3. The summed E-state index contributed by atoms with van der Waals surface area (Å²) in [5, 5.41) is 9.84. The van der Waals surface area contributed by atoms with Crippen LogP contribution in [0, 0.1) is 6.92 Å². The minimum absolute atomic E-state index is 0.554. The molecule has 0 fully saturated rings. The zero-order valence-electron chi connectivity index (χ0n) is 12.3. The molecule has 0 saturated carbocycles. The Kier molecular flexibility index (Phi) is 5.42. The molecule has 6 heteroatoms. The number of halogens is 3. The topological polar surface area (TPSA) is 29.9 Å². The van der Waals surface area contributed by atoms with E-state index in [-0.39, 0.29) is 0 Å². The van der Waals surface area contributed by atoms with Gasteiger partial charge in [0.05, 0.1) is 33.7 Å². The Balaban J connectivity index is 2.24. The molecule has 1 aromatic heterocycles. The summed E-state index contributed by atoms with van der Waals surface area (Å²) < 4.78 is 1.91. The van der Waals surface area contributed by atoms with Crippen LogP contribution in [0.25, 0.3) is 0 Å². The van der Waals surface area contributed by atoms with Gasteiger partial charge in [0.15, 0.2) is 0 Å². The molecule has 0 bridgehead atoms. The average molecular weight is 347 g/mol. The van der Waals surface area contributed by atoms with E-state index >= 15 is 0 Å². The second kappa shape index (κ2) is 6.91. The second-order valence-corrected chi connectivity index (χ2v) is 6.00. The number of anilines is 1. The molecular formula is C15H18Cl3N3. The third kappa shape index (κ3) is 3.47. The lowest BCUT2D eigenvalue weighted by Gasteiger charge is -2.11. The predicted molar refractivity (Wildman–Crippen MR) is 90.8 cm³/mol. The minimum Gasteiger partial charge on any atom is -0.378 e. The van der Waals surface area contributed by atoms with E-state index in [1.54, 1.807) is 0 Å². The van der Waals surface area contributed by atoms with Crippen LogP contribution in [0.1, 0.15) is 30.8 Å². The van der Waals surface area contributed by atoms with Crippen molar-refractivity contribution in [3.8, 4) is 0 Å². The van der Waals surface area contributed by atoms with Gasteiger partial charge in [-0.3, -0.25) is 4.68 Å². The van der Waals surface area contributed by atoms with Gasteiger partial charge in [-0.2, -0.15) is 5.10 Å². The number of hydrogen-bond acceptors (Lipinski definition) is 2. The smallest absolute Gasteiger partial charge is 0.0868 e. The molecule has 0 amide bonds. The molecule has 0 unspecified atom stereocenters. The Labute approximate surface area is 140 Å². The average Bonchev–Trinajstić information content (AvgIpc) is 2.77. The van der Waals surface area contributed by atoms with Crippen molar-refractivity contribution >= 4 is 40.5 Å². The number of aromatic nitrogens is 2. The van der Waals surface area contributed by atoms with Crippen molar-refractivity contribution in [2.24, 2.45) is 0 Å². The van der Waals surface area contributed by atoms with E-state index < -0.39 is 0 Å². The lowest BCUT2D eigenvalue weighted by molar-refractivity contribution is 0.619. The second-order valence-electron chi connectivity index (χ2n) is 4.81. The summed E-state index contributed by atoms with van der Waals surface area (Å²) in [5.41, 5.74) is 3.63. The summed E-state index contributed by atoms with van der Waals surface area (Å²) >= 11 is 18.8. The first-order valence-corrected chi connectivity index (χ1v) is 8.04. The van der Waals surface area contributed by atoms with Gasteiger partial charge in [0, 0.05) is 11.6 Å². The molecule has 3 nitrogen and oxygen atoms in total. The molecule has 0 spiro atoms. The van der Waals surface area contributed by atoms with Crippen molar-refractivity contribution in [2.45, 2.75) is 40.3 Å². The highest BCUT2D eigenvalue weighted by Crippen LogP contribution is 2.30. The molecule has 0 aliphatic heterocycles. The molecule has 21 heavy (non-hydrogen) atoms. The van der Waals surface area contributed by atoms with Crippen LogP contribution in [0.5, 0.6) is 0 Å². The van der Waals surface area contributed by atoms with Gasteiger partial charge < -0.3 is 5.32 Å². The summed E-state index contributed by atoms with van der Waals surface area (Å²) in [7, 11) is 0. The van der Waals surface area contributed by atoms with E-state index in [4.69, 9.17) is 34.8 Å². The normalized spacial score (nSPS) is 11.0. The van der Waals surface area contributed by atoms with Crippen LogP contribution in [0.15, 0.2) is 12.1 Å². The summed E-state index contributed by atoms with van der Waals surface area (Å²) in [6.45, 7) is 7.34. The van der Waals surface area contributed by atoms with Crippen LogP contribution in [0.3, 0.4) is 0 Å². The van der Waals surface area contributed by atoms with Crippen LogP contribution >= 0.6 is 34.8 Å². The zero-order chi connectivity index (χ0) is 15.6. The monoisotopic (exact) mass is 345 g/mol. The van der Waals surface area contributed by atoms with Crippen LogP contribution in [-0.2, 0) is 19.5 Å². The van der Waals surface area contributed by atoms with Gasteiger partial charge in [0.2, 0.25) is 0 Å². The van der Waals surface area contributed by atoms with E-state index in [0.29, 0.717) is 16.6 Å². The number of nitrogens with one attached hydrogen (secondary N) is 1. The maximum Gasteiger partial charge on any atom is 0.0868 e. The molecule has 0 aliphatic rings. The van der Waals surface area contributed by atoms with Gasteiger partial charge in [0.25, 0.3) is 0 Å². The molecule has 0 saturated heterocycles. The van der Waals surface area contributed by atoms with Gasteiger partial charge in [-0.15, -0.1) is 0 Å². The first kappa shape index (κ1) is 16.5. The highest BCUT2D eigenvalue weighted by molar-refractivity contribution is 6.35. The summed E-state index contributed by atoms with van der Waals surface area (Å²) in [5.74, 6) is 0. The Hall–Kier alpha value is -0.900. The number of nitrogens with zero attached hydrogens (tertiary/aromatic N) is 2.